The highest BCUT2D eigenvalue weighted by Crippen LogP contribution is 2.45. The van der Waals surface area contributed by atoms with Gasteiger partial charge in [0, 0.05) is 24.2 Å². The predicted octanol–water partition coefficient (Wildman–Crippen LogP) is 3.45. The van der Waals surface area contributed by atoms with Crippen molar-refractivity contribution in [3.05, 3.63) is 59.2 Å². The van der Waals surface area contributed by atoms with Gasteiger partial charge in [0.25, 0.3) is 5.91 Å². The Bertz CT molecular complexity index is 817. The maximum atomic E-state index is 13.4. The zero-order valence-electron chi connectivity index (χ0n) is 15.0. The summed E-state index contributed by atoms with van der Waals surface area (Å²) in [6.07, 6.45) is 0.996. The third-order valence-corrected chi connectivity index (χ3v) is 5.51. The summed E-state index contributed by atoms with van der Waals surface area (Å²) in [5, 5.41) is 0. The molecule has 0 aromatic heterocycles. The van der Waals surface area contributed by atoms with E-state index in [1.165, 1.54) is 11.1 Å². The Labute approximate surface area is 149 Å². The molecule has 4 rings (SSSR count). The number of para-hydroxylation sites is 1. The minimum Gasteiger partial charge on any atom is -0.496 e. The summed E-state index contributed by atoms with van der Waals surface area (Å²) in [6.45, 7) is 4.13. The van der Waals surface area contributed by atoms with E-state index in [0.29, 0.717) is 17.2 Å². The Hall–Kier alpha value is -2.33. The maximum absolute atomic E-state index is 13.4. The summed E-state index contributed by atoms with van der Waals surface area (Å²) in [4.78, 5) is 17.8. The fourth-order valence-corrected chi connectivity index (χ4v) is 4.30. The fraction of sp³-hybridized carbons (Fsp3) is 0.381. The first kappa shape index (κ1) is 16.2. The summed E-state index contributed by atoms with van der Waals surface area (Å²) in [7, 11) is 3.78. The summed E-state index contributed by atoms with van der Waals surface area (Å²) >= 11 is 0. The first-order chi connectivity index (χ1) is 12.1. The lowest BCUT2D eigenvalue weighted by molar-refractivity contribution is 0.0961. The largest absolute Gasteiger partial charge is 0.496 e. The molecule has 0 spiro atoms. The molecule has 0 N–H and O–H groups in total. The number of nitrogens with zero attached hydrogens (tertiary/aromatic N) is 2. The van der Waals surface area contributed by atoms with Gasteiger partial charge in [-0.05, 0) is 50.7 Å². The summed E-state index contributed by atoms with van der Waals surface area (Å²) in [5.41, 5.74) is 4.25. The van der Waals surface area contributed by atoms with Crippen LogP contribution >= 0.6 is 0 Å². The minimum atomic E-state index is 0.0413. The smallest absolute Gasteiger partial charge is 0.262 e. The lowest BCUT2D eigenvalue weighted by atomic mass is 9.88. The molecule has 0 saturated carbocycles. The Kier molecular flexibility index (Phi) is 4.00. The number of ether oxygens (including phenoxy) is 1. The molecule has 1 amide bonds. The van der Waals surface area contributed by atoms with E-state index in [1.807, 2.05) is 29.2 Å². The number of aryl methyl sites for hydroxylation is 1. The quantitative estimate of drug-likeness (QED) is 0.842. The van der Waals surface area contributed by atoms with Crippen LogP contribution in [0.4, 0.5) is 5.69 Å². The number of hydrogen-bond donors (Lipinski definition) is 0. The lowest BCUT2D eigenvalue weighted by Gasteiger charge is -2.36. The third-order valence-electron chi connectivity index (χ3n) is 5.51. The van der Waals surface area contributed by atoms with E-state index in [1.54, 1.807) is 7.11 Å². The summed E-state index contributed by atoms with van der Waals surface area (Å²) < 4.78 is 5.43. The number of carbonyl (C=O) groups is 1. The fourth-order valence-electron chi connectivity index (χ4n) is 4.30. The van der Waals surface area contributed by atoms with Crippen LogP contribution in [0.15, 0.2) is 42.5 Å². The van der Waals surface area contributed by atoms with Gasteiger partial charge in [0.05, 0.1) is 12.7 Å². The SMILES string of the molecule is COc1ccccc1C(=O)N1c2ccc(C)cc2[C@@H]2CN(C)CC[C@H]21. The van der Waals surface area contributed by atoms with Gasteiger partial charge >= 0.3 is 0 Å². The van der Waals surface area contributed by atoms with Crippen molar-refractivity contribution in [2.24, 2.45) is 0 Å². The third kappa shape index (κ3) is 2.61. The maximum Gasteiger partial charge on any atom is 0.262 e. The van der Waals surface area contributed by atoms with Crippen LogP contribution in [-0.4, -0.2) is 44.1 Å². The lowest BCUT2D eigenvalue weighted by Crippen LogP contribution is -2.47. The van der Waals surface area contributed by atoms with E-state index in [-0.39, 0.29) is 11.9 Å². The second-order valence-electron chi connectivity index (χ2n) is 7.16. The predicted molar refractivity (Wildman–Crippen MR) is 99.6 cm³/mol. The molecule has 130 valence electrons. The van der Waals surface area contributed by atoms with Gasteiger partial charge in [-0.25, -0.2) is 0 Å². The molecule has 2 aromatic carbocycles. The standard InChI is InChI=1S/C21H24N2O2/c1-14-8-9-18-16(12-14)17-13-22(2)11-10-19(17)23(18)21(24)15-6-4-5-7-20(15)25-3/h4-9,12,17,19H,10-11,13H2,1-3H3/t17-,19+/m0/s1. The van der Waals surface area contributed by atoms with Crippen molar-refractivity contribution < 1.29 is 9.53 Å². The normalized spacial score (nSPS) is 22.4. The second kappa shape index (κ2) is 6.19. The number of benzene rings is 2. The van der Waals surface area contributed by atoms with Crippen LogP contribution in [0.2, 0.25) is 0 Å². The summed E-state index contributed by atoms with van der Waals surface area (Å²) in [5.74, 6) is 1.06. The number of amides is 1. The molecule has 1 saturated heterocycles. The van der Waals surface area contributed by atoms with Gasteiger partial charge in [0.1, 0.15) is 5.75 Å². The molecule has 2 heterocycles. The van der Waals surface area contributed by atoms with Crippen LogP contribution in [0.5, 0.6) is 5.75 Å². The van der Waals surface area contributed by atoms with Crippen LogP contribution < -0.4 is 9.64 Å². The molecular formula is C21H24N2O2. The monoisotopic (exact) mass is 336 g/mol. The molecule has 0 unspecified atom stereocenters. The van der Waals surface area contributed by atoms with Gasteiger partial charge in [-0.3, -0.25) is 4.79 Å². The highest BCUT2D eigenvalue weighted by atomic mass is 16.5. The highest BCUT2D eigenvalue weighted by Gasteiger charge is 2.44. The Morgan fingerprint density at radius 3 is 2.80 bits per heavy atom. The van der Waals surface area contributed by atoms with Crippen LogP contribution in [-0.2, 0) is 0 Å². The van der Waals surface area contributed by atoms with Crippen molar-refractivity contribution in [3.8, 4) is 5.75 Å². The van der Waals surface area contributed by atoms with E-state index < -0.39 is 0 Å². The molecule has 0 bridgehead atoms. The van der Waals surface area contributed by atoms with E-state index >= 15 is 0 Å². The number of carbonyl (C=O) groups excluding carboxylic acids is 1. The van der Waals surface area contributed by atoms with Crippen LogP contribution in [0.25, 0.3) is 0 Å². The van der Waals surface area contributed by atoms with Gasteiger partial charge in [-0.2, -0.15) is 0 Å². The zero-order chi connectivity index (χ0) is 17.6. The number of piperidine rings is 1. The molecule has 2 atom stereocenters. The Morgan fingerprint density at radius 1 is 1.20 bits per heavy atom. The van der Waals surface area contributed by atoms with Gasteiger partial charge < -0.3 is 14.5 Å². The first-order valence-electron chi connectivity index (χ1n) is 8.86. The Morgan fingerprint density at radius 2 is 2.00 bits per heavy atom. The van der Waals surface area contributed by atoms with Crippen LogP contribution in [0.3, 0.4) is 0 Å². The second-order valence-corrected chi connectivity index (χ2v) is 7.16. The highest BCUT2D eigenvalue weighted by molar-refractivity contribution is 6.09. The van der Waals surface area contributed by atoms with E-state index in [9.17, 15) is 4.79 Å². The molecule has 2 aliphatic rings. The molecule has 4 heteroatoms. The average molecular weight is 336 g/mol. The number of methoxy groups -OCH3 is 1. The van der Waals surface area contributed by atoms with E-state index in [0.717, 1.165) is 25.2 Å². The molecule has 2 aromatic rings. The number of anilines is 1. The van der Waals surface area contributed by atoms with Gasteiger partial charge in [0.15, 0.2) is 0 Å². The number of hydrogen-bond acceptors (Lipinski definition) is 3. The topological polar surface area (TPSA) is 32.8 Å². The van der Waals surface area contributed by atoms with Crippen molar-refractivity contribution in [1.82, 2.24) is 4.90 Å². The van der Waals surface area contributed by atoms with Crippen molar-refractivity contribution in [1.29, 1.82) is 0 Å². The van der Waals surface area contributed by atoms with Crippen molar-refractivity contribution in [2.75, 3.05) is 32.1 Å². The molecule has 4 nitrogen and oxygen atoms in total. The van der Waals surface area contributed by atoms with Crippen molar-refractivity contribution >= 4 is 11.6 Å². The first-order valence-corrected chi connectivity index (χ1v) is 8.86. The number of rotatable bonds is 2. The average Bonchev–Trinajstić information content (AvgIpc) is 2.94. The molecule has 25 heavy (non-hydrogen) atoms. The van der Waals surface area contributed by atoms with E-state index in [2.05, 4.69) is 37.1 Å². The zero-order valence-corrected chi connectivity index (χ0v) is 15.0. The van der Waals surface area contributed by atoms with Crippen molar-refractivity contribution in [2.45, 2.75) is 25.3 Å². The van der Waals surface area contributed by atoms with Crippen molar-refractivity contribution in [3.63, 3.8) is 0 Å². The molecular weight excluding hydrogens is 312 g/mol. The molecule has 0 radical (unpaired) electrons. The number of likely N-dealkylation sites (tertiary alicyclic amines) is 1. The van der Waals surface area contributed by atoms with Gasteiger partial charge in [-0.15, -0.1) is 0 Å². The van der Waals surface area contributed by atoms with Gasteiger partial charge in [0.2, 0.25) is 0 Å². The van der Waals surface area contributed by atoms with E-state index in [4.69, 9.17) is 4.74 Å². The minimum absolute atomic E-state index is 0.0413. The number of fused-ring (bicyclic) bond motifs is 3. The number of likely N-dealkylation sites (N-methyl/N-ethyl adjacent to an activating group) is 1. The van der Waals surface area contributed by atoms with Gasteiger partial charge in [-0.1, -0.05) is 29.8 Å². The summed E-state index contributed by atoms with van der Waals surface area (Å²) in [6, 6.07) is 14.2. The Balaban J connectivity index is 1.80. The molecule has 2 aliphatic heterocycles. The molecule has 0 aliphatic carbocycles. The van der Waals surface area contributed by atoms with Crippen LogP contribution in [0.1, 0.15) is 33.8 Å². The van der Waals surface area contributed by atoms with Crippen LogP contribution in [0, 0.1) is 6.92 Å². The molecule has 1 fully saturated rings.